The van der Waals surface area contributed by atoms with Crippen LogP contribution in [0, 0.1) is 5.92 Å². The second kappa shape index (κ2) is 10.7. The number of benzene rings is 4. The van der Waals surface area contributed by atoms with Gasteiger partial charge in [0.25, 0.3) is 11.8 Å². The minimum absolute atomic E-state index is 0.240. The van der Waals surface area contributed by atoms with Crippen LogP contribution in [-0.4, -0.2) is 46.8 Å². The summed E-state index contributed by atoms with van der Waals surface area (Å²) in [6.07, 6.45) is -0.346. The van der Waals surface area contributed by atoms with Gasteiger partial charge in [-0.05, 0) is 47.5 Å². The quantitative estimate of drug-likeness (QED) is 0.140. The molecule has 0 unspecified atom stereocenters. The lowest BCUT2D eigenvalue weighted by Crippen LogP contribution is -2.36. The van der Waals surface area contributed by atoms with Crippen molar-refractivity contribution in [2.75, 3.05) is 6.54 Å². The first-order valence-electron chi connectivity index (χ1n) is 13.0. The second-order valence-electron chi connectivity index (χ2n) is 9.77. The van der Waals surface area contributed by atoms with E-state index < -0.39 is 36.2 Å². The molecular weight excluding hydrogens is 538 g/mol. The van der Waals surface area contributed by atoms with Gasteiger partial charge in [-0.2, -0.15) is 0 Å². The van der Waals surface area contributed by atoms with Crippen molar-refractivity contribution in [2.24, 2.45) is 5.92 Å². The first-order chi connectivity index (χ1) is 20.3. The number of ketones is 2. The average molecular weight is 560 g/mol. The standard InChI is InChI=1S/C33H21NO8/c35-28(17-27-30(37)23-5-1-2-6-24(23)31(27)38)41-21-13-9-19(10-14-21)20-11-15-22(16-12-20)42-29(36)18-34-32(39)25-7-3-4-8-26(25)33(34)40/h1-16,27H,17-18H2. The van der Waals surface area contributed by atoms with Gasteiger partial charge in [-0.15, -0.1) is 0 Å². The van der Waals surface area contributed by atoms with Crippen molar-refractivity contribution < 1.29 is 38.2 Å². The number of esters is 2. The van der Waals surface area contributed by atoms with Crippen molar-refractivity contribution in [1.29, 1.82) is 0 Å². The Morgan fingerprint density at radius 1 is 0.548 bits per heavy atom. The number of carbonyl (C=O) groups excluding carboxylic acids is 6. The number of amides is 2. The van der Waals surface area contributed by atoms with Gasteiger partial charge in [0, 0.05) is 11.1 Å². The van der Waals surface area contributed by atoms with Crippen LogP contribution in [-0.2, 0) is 9.59 Å². The molecule has 2 aliphatic rings. The summed E-state index contributed by atoms with van der Waals surface area (Å²) in [5.41, 5.74) is 2.74. The molecule has 42 heavy (non-hydrogen) atoms. The second-order valence-corrected chi connectivity index (χ2v) is 9.77. The van der Waals surface area contributed by atoms with Gasteiger partial charge in [0.1, 0.15) is 18.0 Å². The number of rotatable bonds is 7. The number of hydrogen-bond donors (Lipinski definition) is 0. The highest BCUT2D eigenvalue weighted by molar-refractivity contribution is 6.27. The van der Waals surface area contributed by atoms with Crippen molar-refractivity contribution in [3.05, 3.63) is 119 Å². The molecular formula is C33H21NO8. The number of carbonyl (C=O) groups is 6. The number of ether oxygens (including phenoxy) is 2. The topological polar surface area (TPSA) is 124 Å². The van der Waals surface area contributed by atoms with E-state index in [0.717, 1.165) is 16.0 Å². The van der Waals surface area contributed by atoms with Crippen LogP contribution in [0.4, 0.5) is 0 Å². The predicted molar refractivity (Wildman–Crippen MR) is 148 cm³/mol. The molecule has 1 aliphatic carbocycles. The van der Waals surface area contributed by atoms with Gasteiger partial charge >= 0.3 is 11.9 Å². The summed E-state index contributed by atoms with van der Waals surface area (Å²) in [5, 5.41) is 0. The third-order valence-corrected chi connectivity index (χ3v) is 7.13. The molecule has 0 atom stereocenters. The van der Waals surface area contributed by atoms with Gasteiger partial charge < -0.3 is 9.47 Å². The lowest BCUT2D eigenvalue weighted by Gasteiger charge is -2.13. The fourth-order valence-electron chi connectivity index (χ4n) is 5.04. The van der Waals surface area contributed by atoms with Gasteiger partial charge in [0.2, 0.25) is 0 Å². The van der Waals surface area contributed by atoms with Crippen molar-refractivity contribution in [3.63, 3.8) is 0 Å². The van der Waals surface area contributed by atoms with Crippen LogP contribution in [0.1, 0.15) is 47.9 Å². The Morgan fingerprint density at radius 2 is 0.952 bits per heavy atom. The Labute approximate surface area is 239 Å². The SMILES string of the molecule is O=C(CC1C(=O)c2ccccc2C1=O)Oc1ccc(-c2ccc(OC(=O)CN3C(=O)c4ccccc4C3=O)cc2)cc1. The van der Waals surface area contributed by atoms with E-state index in [4.69, 9.17) is 9.47 Å². The first kappa shape index (κ1) is 26.5. The molecule has 1 aliphatic heterocycles. The Hall–Kier alpha value is -5.70. The summed E-state index contributed by atoms with van der Waals surface area (Å²) in [4.78, 5) is 75.8. The number of Topliss-reactive ketones (excluding diaryl/α,β-unsaturated/α-hetero) is 2. The molecule has 9 heteroatoms. The monoisotopic (exact) mass is 559 g/mol. The van der Waals surface area contributed by atoms with E-state index in [-0.39, 0.29) is 40.6 Å². The van der Waals surface area contributed by atoms with Crippen molar-refractivity contribution in [2.45, 2.75) is 6.42 Å². The zero-order valence-electron chi connectivity index (χ0n) is 21.9. The van der Waals surface area contributed by atoms with E-state index in [2.05, 4.69) is 0 Å². The maximum Gasteiger partial charge on any atom is 0.331 e. The Kier molecular flexibility index (Phi) is 6.76. The molecule has 206 valence electrons. The van der Waals surface area contributed by atoms with E-state index in [1.54, 1.807) is 84.9 Å². The smallest absolute Gasteiger partial charge is 0.331 e. The summed E-state index contributed by atoms with van der Waals surface area (Å²) >= 11 is 0. The van der Waals surface area contributed by atoms with Crippen LogP contribution < -0.4 is 9.47 Å². The summed E-state index contributed by atoms with van der Waals surface area (Å²) < 4.78 is 10.7. The van der Waals surface area contributed by atoms with Crippen LogP contribution in [0.5, 0.6) is 11.5 Å². The van der Waals surface area contributed by atoms with Gasteiger partial charge in [-0.25, -0.2) is 4.79 Å². The molecule has 0 radical (unpaired) electrons. The molecule has 0 aromatic heterocycles. The van der Waals surface area contributed by atoms with Crippen LogP contribution in [0.25, 0.3) is 11.1 Å². The van der Waals surface area contributed by atoms with E-state index >= 15 is 0 Å². The minimum Gasteiger partial charge on any atom is -0.427 e. The average Bonchev–Trinajstić information content (AvgIpc) is 3.38. The van der Waals surface area contributed by atoms with Crippen molar-refractivity contribution in [3.8, 4) is 22.6 Å². The highest BCUT2D eigenvalue weighted by atomic mass is 16.5. The fraction of sp³-hybridized carbons (Fsp3) is 0.0909. The molecule has 9 nitrogen and oxygen atoms in total. The molecule has 0 N–H and O–H groups in total. The van der Waals surface area contributed by atoms with E-state index in [9.17, 15) is 28.8 Å². The zero-order chi connectivity index (χ0) is 29.4. The molecule has 0 spiro atoms. The molecule has 2 amide bonds. The van der Waals surface area contributed by atoms with Crippen LogP contribution in [0.3, 0.4) is 0 Å². The summed E-state index contributed by atoms with van der Waals surface area (Å²) in [6.45, 7) is -0.510. The lowest BCUT2D eigenvalue weighted by atomic mass is 10.00. The largest absolute Gasteiger partial charge is 0.427 e. The van der Waals surface area contributed by atoms with Gasteiger partial charge in [-0.3, -0.25) is 28.9 Å². The van der Waals surface area contributed by atoms with Gasteiger partial charge in [0.05, 0.1) is 23.5 Å². The molecule has 0 fully saturated rings. The summed E-state index contributed by atoms with van der Waals surface area (Å²) in [7, 11) is 0. The van der Waals surface area contributed by atoms with E-state index in [1.807, 2.05) is 0 Å². The maximum atomic E-state index is 12.5. The number of nitrogens with zero attached hydrogens (tertiary/aromatic N) is 1. The Morgan fingerprint density at radius 3 is 1.40 bits per heavy atom. The molecule has 6 rings (SSSR count). The van der Waals surface area contributed by atoms with Crippen LogP contribution >= 0.6 is 0 Å². The normalized spacial score (nSPS) is 14.1. The van der Waals surface area contributed by atoms with Crippen LogP contribution in [0.15, 0.2) is 97.1 Å². The fourth-order valence-corrected chi connectivity index (χ4v) is 5.04. The van der Waals surface area contributed by atoms with Crippen LogP contribution in [0.2, 0.25) is 0 Å². The molecule has 0 saturated heterocycles. The zero-order valence-corrected chi connectivity index (χ0v) is 21.9. The highest BCUT2D eigenvalue weighted by Crippen LogP contribution is 2.30. The number of hydrogen-bond acceptors (Lipinski definition) is 8. The number of fused-ring (bicyclic) bond motifs is 2. The van der Waals surface area contributed by atoms with Gasteiger partial charge in [0.15, 0.2) is 11.6 Å². The lowest BCUT2D eigenvalue weighted by molar-refractivity contribution is -0.135. The predicted octanol–water partition coefficient (Wildman–Crippen LogP) is 4.55. The van der Waals surface area contributed by atoms with Crippen molar-refractivity contribution in [1.82, 2.24) is 4.90 Å². The molecule has 4 aromatic carbocycles. The minimum atomic E-state index is -1.07. The first-order valence-corrected chi connectivity index (χ1v) is 13.0. The Balaban J connectivity index is 1.03. The summed E-state index contributed by atoms with van der Waals surface area (Å²) in [6, 6.07) is 26.1. The molecule has 0 bridgehead atoms. The molecule has 4 aromatic rings. The van der Waals surface area contributed by atoms with Crippen molar-refractivity contribution >= 4 is 35.3 Å². The molecule has 0 saturated carbocycles. The molecule has 1 heterocycles. The third-order valence-electron chi connectivity index (χ3n) is 7.13. The third kappa shape index (κ3) is 4.88. The summed E-state index contributed by atoms with van der Waals surface area (Å²) in [5.74, 6) is -3.84. The van der Waals surface area contributed by atoms with E-state index in [0.29, 0.717) is 11.1 Å². The highest BCUT2D eigenvalue weighted by Gasteiger charge is 2.40. The Bertz CT molecular complexity index is 1590. The van der Waals surface area contributed by atoms with Gasteiger partial charge in [-0.1, -0.05) is 60.7 Å². The van der Waals surface area contributed by atoms with E-state index in [1.165, 1.54) is 12.1 Å². The maximum absolute atomic E-state index is 12.5. The number of imide groups is 1.